The Morgan fingerprint density at radius 3 is 2.71 bits per heavy atom. The number of benzene rings is 1. The van der Waals surface area contributed by atoms with Crippen molar-refractivity contribution in [3.05, 3.63) is 35.1 Å². The maximum Gasteiger partial charge on any atom is 0.416 e. The Hall–Kier alpha value is -1.14. The molecule has 2 nitrogen and oxygen atoms in total. The molecule has 1 saturated heterocycles. The molecule has 21 heavy (non-hydrogen) atoms. The minimum atomic E-state index is -4.52. The van der Waals surface area contributed by atoms with Crippen LogP contribution in [0.15, 0.2) is 18.2 Å². The number of halogens is 4. The zero-order valence-corrected chi connectivity index (χ0v) is 12.0. The van der Waals surface area contributed by atoms with Crippen molar-refractivity contribution in [1.82, 2.24) is 10.2 Å². The van der Waals surface area contributed by atoms with Crippen molar-refractivity contribution in [2.75, 3.05) is 26.7 Å². The third kappa shape index (κ3) is 4.68. The molecule has 0 amide bonds. The smallest absolute Gasteiger partial charge is 0.316 e. The summed E-state index contributed by atoms with van der Waals surface area (Å²) in [5.41, 5.74) is -0.758. The van der Waals surface area contributed by atoms with Gasteiger partial charge in [0, 0.05) is 13.1 Å². The zero-order chi connectivity index (χ0) is 15.5. The van der Waals surface area contributed by atoms with Gasteiger partial charge >= 0.3 is 6.18 Å². The molecule has 0 aliphatic carbocycles. The molecule has 1 N–H and O–H groups in total. The summed E-state index contributed by atoms with van der Waals surface area (Å²) in [7, 11) is 1.80. The Labute approximate surface area is 122 Å². The highest BCUT2D eigenvalue weighted by Gasteiger charge is 2.34. The second-order valence-electron chi connectivity index (χ2n) is 5.71. The largest absolute Gasteiger partial charge is 0.416 e. The molecule has 1 aliphatic rings. The summed E-state index contributed by atoms with van der Waals surface area (Å²) in [6.45, 7) is 2.82. The molecule has 2 rings (SSSR count). The van der Waals surface area contributed by atoms with Crippen molar-refractivity contribution in [3.63, 3.8) is 0 Å². The molecule has 1 aromatic carbocycles. The zero-order valence-electron chi connectivity index (χ0n) is 12.0. The number of rotatable bonds is 4. The molecule has 118 valence electrons. The van der Waals surface area contributed by atoms with E-state index in [4.69, 9.17) is 0 Å². The van der Waals surface area contributed by atoms with E-state index < -0.39 is 17.6 Å². The van der Waals surface area contributed by atoms with Gasteiger partial charge < -0.3 is 10.2 Å². The third-order valence-electron chi connectivity index (χ3n) is 3.79. The van der Waals surface area contributed by atoms with Crippen LogP contribution in [-0.4, -0.2) is 31.6 Å². The first-order valence-electron chi connectivity index (χ1n) is 7.11. The third-order valence-corrected chi connectivity index (χ3v) is 3.79. The van der Waals surface area contributed by atoms with Crippen LogP contribution >= 0.6 is 0 Å². The Morgan fingerprint density at radius 2 is 2.10 bits per heavy atom. The molecule has 6 heteroatoms. The maximum atomic E-state index is 13.1. The van der Waals surface area contributed by atoms with Crippen LogP contribution in [0, 0.1) is 11.7 Å². The normalized spacial score (nSPS) is 20.0. The van der Waals surface area contributed by atoms with Crippen LogP contribution in [0.3, 0.4) is 0 Å². The van der Waals surface area contributed by atoms with E-state index in [0.29, 0.717) is 12.0 Å². The van der Waals surface area contributed by atoms with E-state index in [2.05, 4.69) is 5.32 Å². The second kappa shape index (κ2) is 6.75. The molecule has 0 bridgehead atoms. The molecule has 1 heterocycles. The van der Waals surface area contributed by atoms with E-state index >= 15 is 0 Å². The van der Waals surface area contributed by atoms with E-state index in [1.54, 1.807) is 7.05 Å². The highest BCUT2D eigenvalue weighted by molar-refractivity contribution is 5.30. The van der Waals surface area contributed by atoms with E-state index in [1.807, 2.05) is 4.90 Å². The molecule has 0 spiro atoms. The van der Waals surface area contributed by atoms with Gasteiger partial charge in [-0.2, -0.15) is 13.2 Å². The van der Waals surface area contributed by atoms with Crippen LogP contribution in [0.2, 0.25) is 0 Å². The molecule has 1 unspecified atom stereocenters. The first-order chi connectivity index (χ1) is 9.86. The van der Waals surface area contributed by atoms with Crippen molar-refractivity contribution in [3.8, 4) is 0 Å². The fraction of sp³-hybridized carbons (Fsp3) is 0.600. The minimum absolute atomic E-state index is 0.121. The minimum Gasteiger partial charge on any atom is -0.316 e. The number of hydrogen-bond acceptors (Lipinski definition) is 2. The summed E-state index contributed by atoms with van der Waals surface area (Å²) in [4.78, 5) is 1.88. The first-order valence-corrected chi connectivity index (χ1v) is 7.11. The summed E-state index contributed by atoms with van der Waals surface area (Å²) in [5, 5.41) is 3.29. The second-order valence-corrected chi connectivity index (χ2v) is 5.71. The SMILES string of the molecule is CN(Cc1ccc(F)cc1C(F)(F)F)CC1CCCNC1. The maximum absolute atomic E-state index is 13.1. The Bertz CT molecular complexity index is 467. The summed E-state index contributed by atoms with van der Waals surface area (Å²) in [6, 6.07) is 2.89. The van der Waals surface area contributed by atoms with Crippen LogP contribution in [-0.2, 0) is 12.7 Å². The summed E-state index contributed by atoms with van der Waals surface area (Å²) < 4.78 is 51.9. The van der Waals surface area contributed by atoms with Gasteiger partial charge in [-0.25, -0.2) is 4.39 Å². The van der Waals surface area contributed by atoms with Gasteiger partial charge in [0.05, 0.1) is 5.56 Å². The first kappa shape index (κ1) is 16.2. The topological polar surface area (TPSA) is 15.3 Å². The van der Waals surface area contributed by atoms with Gasteiger partial charge in [0.15, 0.2) is 0 Å². The molecule has 1 fully saturated rings. The fourth-order valence-electron chi connectivity index (χ4n) is 2.83. The monoisotopic (exact) mass is 304 g/mol. The van der Waals surface area contributed by atoms with E-state index in [9.17, 15) is 17.6 Å². The average Bonchev–Trinajstić information content (AvgIpc) is 2.40. The number of alkyl halides is 3. The van der Waals surface area contributed by atoms with E-state index in [0.717, 1.165) is 38.5 Å². The lowest BCUT2D eigenvalue weighted by atomic mass is 9.98. The summed E-state index contributed by atoms with van der Waals surface area (Å²) >= 11 is 0. The van der Waals surface area contributed by atoms with Crippen LogP contribution in [0.5, 0.6) is 0 Å². The summed E-state index contributed by atoms with van der Waals surface area (Å²) in [5.74, 6) is -0.399. The number of nitrogens with zero attached hydrogens (tertiary/aromatic N) is 1. The van der Waals surface area contributed by atoms with Crippen molar-refractivity contribution >= 4 is 0 Å². The lowest BCUT2D eigenvalue weighted by molar-refractivity contribution is -0.138. The molecular weight excluding hydrogens is 284 g/mol. The molecule has 1 aliphatic heterocycles. The fourth-order valence-corrected chi connectivity index (χ4v) is 2.83. The van der Waals surface area contributed by atoms with Gasteiger partial charge in [-0.05, 0) is 56.6 Å². The van der Waals surface area contributed by atoms with Gasteiger partial charge in [-0.3, -0.25) is 0 Å². The number of hydrogen-bond donors (Lipinski definition) is 1. The van der Waals surface area contributed by atoms with Crippen molar-refractivity contribution in [1.29, 1.82) is 0 Å². The van der Waals surface area contributed by atoms with Crippen LogP contribution in [0.25, 0.3) is 0 Å². The van der Waals surface area contributed by atoms with Crippen LogP contribution in [0.1, 0.15) is 24.0 Å². The Morgan fingerprint density at radius 1 is 1.33 bits per heavy atom. The van der Waals surface area contributed by atoms with Gasteiger partial charge in [-0.15, -0.1) is 0 Å². The highest BCUT2D eigenvalue weighted by Crippen LogP contribution is 2.33. The van der Waals surface area contributed by atoms with E-state index in [1.165, 1.54) is 6.07 Å². The van der Waals surface area contributed by atoms with Gasteiger partial charge in [0.1, 0.15) is 5.82 Å². The van der Waals surface area contributed by atoms with Crippen LogP contribution < -0.4 is 5.32 Å². The number of piperidine rings is 1. The quantitative estimate of drug-likeness (QED) is 0.859. The Kier molecular flexibility index (Phi) is 5.22. The van der Waals surface area contributed by atoms with Gasteiger partial charge in [0.25, 0.3) is 0 Å². The van der Waals surface area contributed by atoms with Crippen LogP contribution in [0.4, 0.5) is 17.6 Å². The Balaban J connectivity index is 2.04. The van der Waals surface area contributed by atoms with E-state index in [-0.39, 0.29) is 12.1 Å². The van der Waals surface area contributed by atoms with Crippen molar-refractivity contribution in [2.24, 2.45) is 5.92 Å². The lowest BCUT2D eigenvalue weighted by Crippen LogP contribution is -2.36. The lowest BCUT2D eigenvalue weighted by Gasteiger charge is -2.28. The standard InChI is InChI=1S/C15H20F4N2/c1-21(9-11-3-2-6-20-8-11)10-12-4-5-13(16)7-14(12)15(17,18)19/h4-5,7,11,20H,2-3,6,8-10H2,1H3. The molecule has 0 saturated carbocycles. The molecule has 1 aromatic rings. The predicted octanol–water partition coefficient (Wildman–Crippen LogP) is 3.28. The number of nitrogens with one attached hydrogen (secondary N) is 1. The molecule has 0 radical (unpaired) electrons. The highest BCUT2D eigenvalue weighted by atomic mass is 19.4. The van der Waals surface area contributed by atoms with Crippen molar-refractivity contribution < 1.29 is 17.6 Å². The molecular formula is C15H20F4N2. The van der Waals surface area contributed by atoms with Gasteiger partial charge in [0.2, 0.25) is 0 Å². The average molecular weight is 304 g/mol. The predicted molar refractivity (Wildman–Crippen MR) is 73.3 cm³/mol. The summed E-state index contributed by atoms with van der Waals surface area (Å²) in [6.07, 6.45) is -2.33. The van der Waals surface area contributed by atoms with Gasteiger partial charge in [-0.1, -0.05) is 6.07 Å². The van der Waals surface area contributed by atoms with Crippen molar-refractivity contribution in [2.45, 2.75) is 25.6 Å². The molecule has 1 atom stereocenters. The molecule has 0 aromatic heterocycles.